The Bertz CT molecular complexity index is 631. The van der Waals surface area contributed by atoms with E-state index in [1.165, 1.54) is 38.2 Å². The van der Waals surface area contributed by atoms with Crippen LogP contribution in [0.1, 0.15) is 12.8 Å². The molecule has 4 heterocycles. The number of fused-ring (bicyclic) bond motifs is 5. The van der Waals surface area contributed by atoms with Crippen LogP contribution >= 0.6 is 0 Å². The Balaban J connectivity index is 1.74. The second kappa shape index (κ2) is 4.63. The lowest BCUT2D eigenvalue weighted by Crippen LogP contribution is -2.37. The van der Waals surface area contributed by atoms with Crippen molar-refractivity contribution in [2.75, 3.05) is 36.8 Å². The minimum absolute atomic E-state index is 0.675. The van der Waals surface area contributed by atoms with Gasteiger partial charge in [-0.25, -0.2) is 0 Å². The first-order chi connectivity index (χ1) is 9.81. The van der Waals surface area contributed by atoms with Crippen molar-refractivity contribution in [2.24, 2.45) is 0 Å². The van der Waals surface area contributed by atoms with Gasteiger partial charge in [0.15, 0.2) is 0 Å². The topological polar surface area (TPSA) is 45.4 Å². The van der Waals surface area contributed by atoms with Crippen LogP contribution in [0.2, 0.25) is 0 Å². The summed E-state index contributed by atoms with van der Waals surface area (Å²) in [5.41, 5.74) is 8.91. The lowest BCUT2D eigenvalue weighted by atomic mass is 10.0. The highest BCUT2D eigenvalue weighted by Gasteiger charge is 2.29. The minimum atomic E-state index is 0.675. The number of nitrogens with two attached hydrogens (primary N) is 1. The van der Waals surface area contributed by atoms with Gasteiger partial charge in [0.2, 0.25) is 0 Å². The van der Waals surface area contributed by atoms with E-state index in [4.69, 9.17) is 5.73 Å². The van der Waals surface area contributed by atoms with Crippen molar-refractivity contribution in [3.05, 3.63) is 30.5 Å². The van der Waals surface area contributed by atoms with Crippen LogP contribution in [-0.4, -0.2) is 42.1 Å². The maximum Gasteiger partial charge on any atom is 0.0932 e. The summed E-state index contributed by atoms with van der Waals surface area (Å²) in [4.78, 5) is 9.71. The van der Waals surface area contributed by atoms with E-state index < -0.39 is 0 Å². The van der Waals surface area contributed by atoms with Gasteiger partial charge >= 0.3 is 0 Å². The number of nitrogen functional groups attached to an aromatic ring is 1. The first-order valence-electron chi connectivity index (χ1n) is 7.44. The standard InChI is InChI=1S/C16H20N4/c17-15-3-1-2-12-10-14(11-18-16(12)15)20-9-8-19-6-4-13(20)5-7-19/h1-3,10-11,13H,4-9,17H2. The van der Waals surface area contributed by atoms with Gasteiger partial charge in [-0.15, -0.1) is 0 Å². The largest absolute Gasteiger partial charge is 0.397 e. The lowest BCUT2D eigenvalue weighted by molar-refractivity contribution is 0.250. The van der Waals surface area contributed by atoms with Gasteiger partial charge in [-0.1, -0.05) is 12.1 Å². The first-order valence-corrected chi connectivity index (χ1v) is 7.44. The van der Waals surface area contributed by atoms with Gasteiger partial charge < -0.3 is 15.5 Å². The number of hydrogen-bond acceptors (Lipinski definition) is 4. The molecule has 0 saturated carbocycles. The highest BCUT2D eigenvalue weighted by atomic mass is 15.3. The quantitative estimate of drug-likeness (QED) is 0.805. The predicted octanol–water partition coefficient (Wildman–Crippen LogP) is 2.10. The fourth-order valence-electron chi connectivity index (χ4n) is 3.56. The molecule has 3 aliphatic heterocycles. The molecule has 0 spiro atoms. The second-order valence-electron chi connectivity index (χ2n) is 5.88. The summed E-state index contributed by atoms with van der Waals surface area (Å²) in [6.45, 7) is 4.77. The summed E-state index contributed by atoms with van der Waals surface area (Å²) in [5.74, 6) is 0. The molecule has 3 fully saturated rings. The summed E-state index contributed by atoms with van der Waals surface area (Å²) in [7, 11) is 0. The van der Waals surface area contributed by atoms with E-state index in [0.717, 1.165) is 23.1 Å². The zero-order chi connectivity index (χ0) is 13.5. The van der Waals surface area contributed by atoms with Crippen LogP contribution in [0.3, 0.4) is 0 Å². The Hall–Kier alpha value is -1.81. The maximum atomic E-state index is 5.99. The molecule has 2 bridgehead atoms. The summed E-state index contributed by atoms with van der Waals surface area (Å²) < 4.78 is 0. The number of nitrogens with zero attached hydrogens (tertiary/aromatic N) is 3. The molecule has 3 aliphatic rings. The van der Waals surface area contributed by atoms with Crippen LogP contribution in [0.15, 0.2) is 30.5 Å². The van der Waals surface area contributed by atoms with E-state index in [2.05, 4.69) is 26.9 Å². The van der Waals surface area contributed by atoms with Gasteiger partial charge in [-0.2, -0.15) is 0 Å². The van der Waals surface area contributed by atoms with Crippen molar-refractivity contribution in [1.82, 2.24) is 9.88 Å². The molecule has 5 rings (SSSR count). The average molecular weight is 268 g/mol. The third kappa shape index (κ3) is 1.91. The normalized spacial score (nSPS) is 25.9. The Labute approximate surface area is 119 Å². The zero-order valence-electron chi connectivity index (χ0n) is 11.6. The summed E-state index contributed by atoms with van der Waals surface area (Å²) >= 11 is 0. The van der Waals surface area contributed by atoms with E-state index in [0.29, 0.717) is 6.04 Å². The molecule has 0 amide bonds. The monoisotopic (exact) mass is 268 g/mol. The highest BCUT2D eigenvalue weighted by molar-refractivity contribution is 5.91. The fourth-order valence-corrected chi connectivity index (χ4v) is 3.56. The van der Waals surface area contributed by atoms with Gasteiger partial charge in [0.1, 0.15) is 0 Å². The van der Waals surface area contributed by atoms with E-state index in [1.54, 1.807) is 0 Å². The zero-order valence-corrected chi connectivity index (χ0v) is 11.6. The van der Waals surface area contributed by atoms with Crippen molar-refractivity contribution >= 4 is 22.3 Å². The Kier molecular flexibility index (Phi) is 2.77. The number of hydrogen-bond donors (Lipinski definition) is 1. The summed E-state index contributed by atoms with van der Waals surface area (Å²) in [6.07, 6.45) is 4.54. The summed E-state index contributed by atoms with van der Waals surface area (Å²) in [5, 5.41) is 1.14. The average Bonchev–Trinajstić information content (AvgIpc) is 2.81. The number of benzene rings is 1. The molecule has 20 heavy (non-hydrogen) atoms. The number of anilines is 2. The molecule has 1 aromatic carbocycles. The number of piperidine rings is 1. The fraction of sp³-hybridized carbons (Fsp3) is 0.438. The third-order valence-corrected chi connectivity index (χ3v) is 4.71. The SMILES string of the molecule is Nc1cccc2cc(N3CCN4CCC3CC4)cnc12. The molecule has 3 saturated heterocycles. The molecule has 1 aromatic heterocycles. The molecule has 2 N–H and O–H groups in total. The van der Waals surface area contributed by atoms with Crippen LogP contribution in [0.4, 0.5) is 11.4 Å². The van der Waals surface area contributed by atoms with Crippen LogP contribution in [0.25, 0.3) is 10.9 Å². The van der Waals surface area contributed by atoms with Crippen LogP contribution < -0.4 is 10.6 Å². The molecular formula is C16H20N4. The molecule has 2 aromatic rings. The number of aromatic nitrogens is 1. The van der Waals surface area contributed by atoms with Crippen LogP contribution in [-0.2, 0) is 0 Å². The molecule has 104 valence electrons. The highest BCUT2D eigenvalue weighted by Crippen LogP contribution is 2.29. The molecule has 0 atom stereocenters. The van der Waals surface area contributed by atoms with Gasteiger partial charge in [0, 0.05) is 37.6 Å². The third-order valence-electron chi connectivity index (χ3n) is 4.71. The van der Waals surface area contributed by atoms with Crippen molar-refractivity contribution in [2.45, 2.75) is 18.9 Å². The molecule has 0 radical (unpaired) electrons. The van der Waals surface area contributed by atoms with Crippen molar-refractivity contribution in [3.63, 3.8) is 0 Å². The minimum Gasteiger partial charge on any atom is -0.397 e. The number of rotatable bonds is 1. The molecular weight excluding hydrogens is 248 g/mol. The number of para-hydroxylation sites is 1. The van der Waals surface area contributed by atoms with E-state index in [-0.39, 0.29) is 0 Å². The molecule has 0 aliphatic carbocycles. The van der Waals surface area contributed by atoms with Gasteiger partial charge in [-0.3, -0.25) is 4.98 Å². The Morgan fingerprint density at radius 2 is 1.95 bits per heavy atom. The van der Waals surface area contributed by atoms with Crippen LogP contribution in [0.5, 0.6) is 0 Å². The Morgan fingerprint density at radius 3 is 2.80 bits per heavy atom. The predicted molar refractivity (Wildman–Crippen MR) is 83.0 cm³/mol. The Morgan fingerprint density at radius 1 is 1.10 bits per heavy atom. The second-order valence-corrected chi connectivity index (χ2v) is 5.88. The van der Waals surface area contributed by atoms with E-state index >= 15 is 0 Å². The molecule has 4 nitrogen and oxygen atoms in total. The number of pyridine rings is 1. The maximum absolute atomic E-state index is 5.99. The lowest BCUT2D eigenvalue weighted by Gasteiger charge is -2.32. The van der Waals surface area contributed by atoms with E-state index in [9.17, 15) is 0 Å². The van der Waals surface area contributed by atoms with Crippen LogP contribution in [0, 0.1) is 0 Å². The van der Waals surface area contributed by atoms with Gasteiger partial charge in [-0.05, 0) is 25.0 Å². The molecule has 0 unspecified atom stereocenters. The van der Waals surface area contributed by atoms with Gasteiger partial charge in [0.25, 0.3) is 0 Å². The first kappa shape index (κ1) is 12.0. The summed E-state index contributed by atoms with van der Waals surface area (Å²) in [6, 6.07) is 8.93. The van der Waals surface area contributed by atoms with Crippen molar-refractivity contribution < 1.29 is 0 Å². The van der Waals surface area contributed by atoms with Crippen molar-refractivity contribution in [1.29, 1.82) is 0 Å². The van der Waals surface area contributed by atoms with Gasteiger partial charge in [0.05, 0.1) is 23.1 Å². The molecule has 4 heteroatoms. The van der Waals surface area contributed by atoms with E-state index in [1.807, 2.05) is 18.3 Å². The smallest absolute Gasteiger partial charge is 0.0932 e. The van der Waals surface area contributed by atoms with Crippen molar-refractivity contribution in [3.8, 4) is 0 Å².